The molecule has 0 radical (unpaired) electrons. The van der Waals surface area contributed by atoms with E-state index < -0.39 is 0 Å². The average Bonchev–Trinajstić information content (AvgIpc) is 2.64. The van der Waals surface area contributed by atoms with Crippen LogP contribution >= 0.6 is 0 Å². The van der Waals surface area contributed by atoms with Gasteiger partial charge in [0.05, 0.1) is 12.2 Å². The molecule has 6 heteroatoms. The molecular formula is C18H30N4O2. The van der Waals surface area contributed by atoms with Crippen molar-refractivity contribution in [3.63, 3.8) is 0 Å². The summed E-state index contributed by atoms with van der Waals surface area (Å²) in [6.45, 7) is 7.74. The number of ether oxygens (including phenoxy) is 2. The summed E-state index contributed by atoms with van der Waals surface area (Å²) >= 11 is 0. The molecule has 0 aromatic carbocycles. The SMILES string of the molecule is CCNC(=NCc1ccccn1)NCCCOCC1CCOCC1. The highest BCUT2D eigenvalue weighted by molar-refractivity contribution is 5.79. The number of aromatic nitrogens is 1. The van der Waals surface area contributed by atoms with Gasteiger partial charge in [-0.3, -0.25) is 4.98 Å². The maximum atomic E-state index is 5.78. The zero-order chi connectivity index (χ0) is 16.9. The Balaban J connectivity index is 1.58. The third-order valence-corrected chi connectivity index (χ3v) is 3.92. The Bertz CT molecular complexity index is 461. The second kappa shape index (κ2) is 11.8. The highest BCUT2D eigenvalue weighted by atomic mass is 16.5. The van der Waals surface area contributed by atoms with Crippen LogP contribution < -0.4 is 10.6 Å². The van der Waals surface area contributed by atoms with Crippen LogP contribution in [0.1, 0.15) is 31.9 Å². The molecule has 0 unspecified atom stereocenters. The van der Waals surface area contributed by atoms with Crippen LogP contribution in [-0.2, 0) is 16.0 Å². The lowest BCUT2D eigenvalue weighted by molar-refractivity contribution is 0.0203. The number of nitrogens with one attached hydrogen (secondary N) is 2. The van der Waals surface area contributed by atoms with Crippen molar-refractivity contribution >= 4 is 5.96 Å². The van der Waals surface area contributed by atoms with E-state index in [1.54, 1.807) is 6.20 Å². The normalized spacial score (nSPS) is 16.1. The summed E-state index contributed by atoms with van der Waals surface area (Å²) in [6.07, 6.45) is 5.02. The maximum Gasteiger partial charge on any atom is 0.191 e. The number of guanidine groups is 1. The number of hydrogen-bond donors (Lipinski definition) is 2. The molecule has 24 heavy (non-hydrogen) atoms. The van der Waals surface area contributed by atoms with Crippen LogP contribution in [0.2, 0.25) is 0 Å². The van der Waals surface area contributed by atoms with Crippen LogP contribution in [0.4, 0.5) is 0 Å². The third-order valence-electron chi connectivity index (χ3n) is 3.92. The van der Waals surface area contributed by atoms with Gasteiger partial charge in [0.25, 0.3) is 0 Å². The Morgan fingerprint density at radius 1 is 1.33 bits per heavy atom. The van der Waals surface area contributed by atoms with E-state index in [0.29, 0.717) is 12.5 Å². The van der Waals surface area contributed by atoms with Gasteiger partial charge in [-0.15, -0.1) is 0 Å². The topological polar surface area (TPSA) is 67.8 Å². The van der Waals surface area contributed by atoms with Gasteiger partial charge in [0.1, 0.15) is 0 Å². The minimum atomic E-state index is 0.580. The molecule has 0 spiro atoms. The number of nitrogens with zero attached hydrogens (tertiary/aromatic N) is 2. The second-order valence-electron chi connectivity index (χ2n) is 5.93. The van der Waals surface area contributed by atoms with Gasteiger partial charge in [0, 0.05) is 45.7 Å². The third kappa shape index (κ3) is 7.75. The lowest BCUT2D eigenvalue weighted by Crippen LogP contribution is -2.38. The van der Waals surface area contributed by atoms with E-state index in [1.807, 2.05) is 18.2 Å². The molecule has 1 aromatic heterocycles. The smallest absolute Gasteiger partial charge is 0.191 e. The van der Waals surface area contributed by atoms with E-state index in [0.717, 1.165) is 70.4 Å². The molecule has 0 saturated carbocycles. The van der Waals surface area contributed by atoms with E-state index in [2.05, 4.69) is 27.5 Å². The molecule has 0 aliphatic carbocycles. The van der Waals surface area contributed by atoms with Crippen LogP contribution in [0.25, 0.3) is 0 Å². The molecule has 0 bridgehead atoms. The van der Waals surface area contributed by atoms with Crippen molar-refractivity contribution in [2.45, 2.75) is 32.7 Å². The fourth-order valence-corrected chi connectivity index (χ4v) is 2.54. The molecule has 1 fully saturated rings. The average molecular weight is 334 g/mol. The summed E-state index contributed by atoms with van der Waals surface area (Å²) in [5, 5.41) is 6.59. The Hall–Kier alpha value is -1.66. The van der Waals surface area contributed by atoms with E-state index in [1.165, 1.54) is 0 Å². The van der Waals surface area contributed by atoms with E-state index >= 15 is 0 Å². The Morgan fingerprint density at radius 3 is 2.96 bits per heavy atom. The molecule has 2 heterocycles. The van der Waals surface area contributed by atoms with Gasteiger partial charge in [0.15, 0.2) is 5.96 Å². The Kier molecular flexibility index (Phi) is 9.19. The van der Waals surface area contributed by atoms with E-state index in [-0.39, 0.29) is 0 Å². The predicted octanol–water partition coefficient (Wildman–Crippen LogP) is 1.97. The molecule has 1 aliphatic heterocycles. The van der Waals surface area contributed by atoms with Gasteiger partial charge >= 0.3 is 0 Å². The van der Waals surface area contributed by atoms with Crippen molar-refractivity contribution < 1.29 is 9.47 Å². The van der Waals surface area contributed by atoms with Gasteiger partial charge in [-0.25, -0.2) is 4.99 Å². The maximum absolute atomic E-state index is 5.78. The summed E-state index contributed by atoms with van der Waals surface area (Å²) in [5.74, 6) is 1.50. The summed E-state index contributed by atoms with van der Waals surface area (Å²) in [5.41, 5.74) is 0.967. The molecular weight excluding hydrogens is 304 g/mol. The fourth-order valence-electron chi connectivity index (χ4n) is 2.54. The molecule has 1 aromatic rings. The first-order chi connectivity index (χ1) is 11.9. The number of aliphatic imine (C=N–C) groups is 1. The standard InChI is InChI=1S/C18H30N4O2/c1-2-19-18(22-14-17-6-3-4-9-20-17)21-10-5-11-24-15-16-7-12-23-13-8-16/h3-4,6,9,16H,2,5,7-8,10-15H2,1H3,(H2,19,21,22). The van der Waals surface area contributed by atoms with Gasteiger partial charge < -0.3 is 20.1 Å². The first-order valence-corrected chi connectivity index (χ1v) is 8.96. The molecule has 0 atom stereocenters. The molecule has 1 aliphatic rings. The van der Waals surface area contributed by atoms with Crippen LogP contribution in [-0.4, -0.2) is 50.5 Å². The van der Waals surface area contributed by atoms with E-state index in [9.17, 15) is 0 Å². The predicted molar refractivity (Wildman–Crippen MR) is 96.0 cm³/mol. The monoisotopic (exact) mass is 334 g/mol. The molecule has 2 N–H and O–H groups in total. The molecule has 0 amide bonds. The van der Waals surface area contributed by atoms with Gasteiger partial charge in [0.2, 0.25) is 0 Å². The van der Waals surface area contributed by atoms with Gasteiger partial charge in [-0.2, -0.15) is 0 Å². The molecule has 6 nitrogen and oxygen atoms in total. The fraction of sp³-hybridized carbons (Fsp3) is 0.667. The largest absolute Gasteiger partial charge is 0.381 e. The van der Waals surface area contributed by atoms with Crippen LogP contribution in [0.3, 0.4) is 0 Å². The summed E-state index contributed by atoms with van der Waals surface area (Å²) in [4.78, 5) is 8.84. The first kappa shape index (κ1) is 18.7. The van der Waals surface area contributed by atoms with Crippen molar-refractivity contribution in [3.05, 3.63) is 30.1 Å². The quantitative estimate of drug-likeness (QED) is 0.410. The van der Waals surface area contributed by atoms with Gasteiger partial charge in [-0.05, 0) is 44.2 Å². The van der Waals surface area contributed by atoms with Crippen molar-refractivity contribution in [2.24, 2.45) is 10.9 Å². The zero-order valence-electron chi connectivity index (χ0n) is 14.7. The molecule has 2 rings (SSSR count). The van der Waals surface area contributed by atoms with Crippen LogP contribution in [0, 0.1) is 5.92 Å². The number of pyridine rings is 1. The highest BCUT2D eigenvalue weighted by Gasteiger charge is 2.13. The Labute approximate surface area is 145 Å². The van der Waals surface area contributed by atoms with Crippen molar-refractivity contribution in [1.29, 1.82) is 0 Å². The van der Waals surface area contributed by atoms with Crippen LogP contribution in [0.15, 0.2) is 29.4 Å². The minimum Gasteiger partial charge on any atom is -0.381 e. The van der Waals surface area contributed by atoms with Crippen molar-refractivity contribution in [3.8, 4) is 0 Å². The Morgan fingerprint density at radius 2 is 2.21 bits per heavy atom. The summed E-state index contributed by atoms with van der Waals surface area (Å²) in [7, 11) is 0. The van der Waals surface area contributed by atoms with Crippen molar-refractivity contribution in [2.75, 3.05) is 39.5 Å². The highest BCUT2D eigenvalue weighted by Crippen LogP contribution is 2.14. The van der Waals surface area contributed by atoms with Crippen LogP contribution in [0.5, 0.6) is 0 Å². The summed E-state index contributed by atoms with van der Waals surface area (Å²) < 4.78 is 11.1. The summed E-state index contributed by atoms with van der Waals surface area (Å²) in [6, 6.07) is 5.88. The lowest BCUT2D eigenvalue weighted by atomic mass is 10.0. The zero-order valence-corrected chi connectivity index (χ0v) is 14.7. The molecule has 1 saturated heterocycles. The van der Waals surface area contributed by atoms with Crippen molar-refractivity contribution in [1.82, 2.24) is 15.6 Å². The number of hydrogen-bond acceptors (Lipinski definition) is 4. The molecule has 134 valence electrons. The van der Waals surface area contributed by atoms with Gasteiger partial charge in [-0.1, -0.05) is 6.07 Å². The minimum absolute atomic E-state index is 0.580. The van der Waals surface area contributed by atoms with E-state index in [4.69, 9.17) is 9.47 Å². The first-order valence-electron chi connectivity index (χ1n) is 8.96. The second-order valence-corrected chi connectivity index (χ2v) is 5.93. The number of rotatable bonds is 9. The lowest BCUT2D eigenvalue weighted by Gasteiger charge is -2.21.